The van der Waals surface area contributed by atoms with Crippen molar-refractivity contribution in [2.75, 3.05) is 37.8 Å². The zero-order chi connectivity index (χ0) is 22.2. The van der Waals surface area contributed by atoms with Crippen LogP contribution in [-0.4, -0.2) is 60.1 Å². The Bertz CT molecular complexity index is 975. The minimum atomic E-state index is -0.526. The number of nitrogens with one attached hydrogen (secondary N) is 2. The maximum Gasteiger partial charge on any atom is 0.323 e. The second kappa shape index (κ2) is 10.2. The van der Waals surface area contributed by atoms with Gasteiger partial charge in [-0.2, -0.15) is 5.26 Å². The van der Waals surface area contributed by atoms with Gasteiger partial charge in [0.15, 0.2) is 0 Å². The van der Waals surface area contributed by atoms with Gasteiger partial charge in [0.2, 0.25) is 12.2 Å². The molecule has 1 aromatic heterocycles. The first-order valence-electron chi connectivity index (χ1n) is 9.79. The number of nitrogens with zero attached hydrogens (tertiary/aromatic N) is 5. The van der Waals surface area contributed by atoms with Crippen LogP contribution in [0.25, 0.3) is 0 Å². The second-order valence-corrected chi connectivity index (χ2v) is 7.23. The highest BCUT2D eigenvalue weighted by molar-refractivity contribution is 5.99. The topological polar surface area (TPSA) is 106 Å². The lowest BCUT2D eigenvalue weighted by Crippen LogP contribution is -2.49. The van der Waals surface area contributed by atoms with E-state index in [2.05, 4.69) is 20.6 Å². The number of likely N-dealkylation sites (tertiary alicyclic amines) is 1. The van der Waals surface area contributed by atoms with E-state index in [1.165, 1.54) is 18.3 Å². The Morgan fingerprint density at radius 3 is 2.87 bits per heavy atom. The van der Waals surface area contributed by atoms with E-state index in [0.717, 1.165) is 19.4 Å². The van der Waals surface area contributed by atoms with Crippen LogP contribution in [0, 0.1) is 17.3 Å². The van der Waals surface area contributed by atoms with E-state index in [1.54, 1.807) is 29.3 Å². The van der Waals surface area contributed by atoms with E-state index in [-0.39, 0.29) is 11.8 Å². The van der Waals surface area contributed by atoms with Crippen LogP contribution >= 0.6 is 0 Å². The van der Waals surface area contributed by atoms with E-state index in [9.17, 15) is 9.18 Å². The number of pyridine rings is 1. The molecule has 10 heteroatoms. The molecule has 1 aliphatic rings. The Hall–Kier alpha value is -3.87. The number of hydrogen-bond donors (Lipinski definition) is 2. The molecule has 162 valence electrons. The molecule has 0 saturated carbocycles. The minimum absolute atomic E-state index is 0.212. The molecule has 31 heavy (non-hydrogen) atoms. The monoisotopic (exact) mass is 425 g/mol. The van der Waals surface area contributed by atoms with Gasteiger partial charge >= 0.3 is 6.03 Å². The van der Waals surface area contributed by atoms with Crippen molar-refractivity contribution in [2.24, 2.45) is 4.99 Å². The zero-order valence-electron chi connectivity index (χ0n) is 17.4. The third kappa shape index (κ3) is 6.30. The van der Waals surface area contributed by atoms with Crippen molar-refractivity contribution < 1.29 is 13.9 Å². The highest BCUT2D eigenvalue weighted by Gasteiger charge is 2.25. The van der Waals surface area contributed by atoms with E-state index in [1.807, 2.05) is 25.2 Å². The first-order chi connectivity index (χ1) is 14.9. The van der Waals surface area contributed by atoms with Gasteiger partial charge in [0, 0.05) is 44.7 Å². The molecule has 1 fully saturated rings. The molecule has 1 saturated heterocycles. The fraction of sp³-hybridized carbons (Fsp3) is 0.333. The van der Waals surface area contributed by atoms with Gasteiger partial charge in [0.1, 0.15) is 17.7 Å². The average molecular weight is 425 g/mol. The predicted octanol–water partition coefficient (Wildman–Crippen LogP) is 3.11. The highest BCUT2D eigenvalue weighted by Crippen LogP contribution is 2.24. The van der Waals surface area contributed by atoms with Crippen molar-refractivity contribution in [2.45, 2.75) is 18.9 Å². The summed E-state index contributed by atoms with van der Waals surface area (Å²) in [5.74, 6) is 0.346. The van der Waals surface area contributed by atoms with E-state index in [0.29, 0.717) is 23.9 Å². The molecule has 0 radical (unpaired) electrons. The summed E-state index contributed by atoms with van der Waals surface area (Å²) in [4.78, 5) is 23.7. The Kier molecular flexibility index (Phi) is 7.22. The highest BCUT2D eigenvalue weighted by atomic mass is 19.1. The lowest BCUT2D eigenvalue weighted by atomic mass is 10.1. The number of piperidine rings is 1. The smallest absolute Gasteiger partial charge is 0.323 e. The number of amides is 2. The van der Waals surface area contributed by atoms with Gasteiger partial charge in [-0.1, -0.05) is 0 Å². The van der Waals surface area contributed by atoms with Crippen molar-refractivity contribution in [1.82, 2.24) is 14.8 Å². The Morgan fingerprint density at radius 1 is 1.35 bits per heavy atom. The van der Waals surface area contributed by atoms with Crippen molar-refractivity contribution in [3.63, 3.8) is 0 Å². The summed E-state index contributed by atoms with van der Waals surface area (Å²) in [5.41, 5.74) is 0.787. The van der Waals surface area contributed by atoms with Crippen molar-refractivity contribution >= 4 is 23.4 Å². The van der Waals surface area contributed by atoms with E-state index >= 15 is 0 Å². The molecule has 2 heterocycles. The number of benzene rings is 1. The number of urea groups is 1. The number of halogens is 1. The number of carbonyl (C=O) groups is 1. The number of carbonyl (C=O) groups excluding carboxylic acids is 1. The average Bonchev–Trinajstić information content (AvgIpc) is 2.72. The number of aromatic nitrogens is 1. The van der Waals surface area contributed by atoms with Gasteiger partial charge in [0.05, 0.1) is 18.4 Å². The zero-order valence-corrected chi connectivity index (χ0v) is 17.4. The van der Waals surface area contributed by atoms with Crippen LogP contribution in [0.5, 0.6) is 5.75 Å². The summed E-state index contributed by atoms with van der Waals surface area (Å²) in [6.45, 7) is 1.27. The summed E-state index contributed by atoms with van der Waals surface area (Å²) >= 11 is 0. The molecule has 1 unspecified atom stereocenters. The summed E-state index contributed by atoms with van der Waals surface area (Å²) in [6, 6.07) is 6.93. The van der Waals surface area contributed by atoms with Gasteiger partial charge in [-0.05, 0) is 31.0 Å². The largest absolute Gasteiger partial charge is 0.488 e. The van der Waals surface area contributed by atoms with Gasteiger partial charge in [-0.3, -0.25) is 4.98 Å². The van der Waals surface area contributed by atoms with Gasteiger partial charge < -0.3 is 25.2 Å². The van der Waals surface area contributed by atoms with E-state index in [4.69, 9.17) is 10.00 Å². The third-order valence-electron chi connectivity index (χ3n) is 4.56. The minimum Gasteiger partial charge on any atom is -0.488 e. The van der Waals surface area contributed by atoms with Crippen LogP contribution in [0.15, 0.2) is 47.7 Å². The van der Waals surface area contributed by atoms with Crippen LogP contribution in [0.1, 0.15) is 12.8 Å². The van der Waals surface area contributed by atoms with Crippen LogP contribution < -0.4 is 15.4 Å². The summed E-state index contributed by atoms with van der Waals surface area (Å²) < 4.78 is 20.1. The number of anilines is 2. The van der Waals surface area contributed by atoms with Crippen molar-refractivity contribution in [3.05, 3.63) is 48.5 Å². The molecule has 3 rings (SSSR count). The Labute approximate surface area is 180 Å². The molecule has 2 aromatic rings. The van der Waals surface area contributed by atoms with Crippen LogP contribution in [0.2, 0.25) is 0 Å². The lowest BCUT2D eigenvalue weighted by molar-refractivity contribution is 0.119. The van der Waals surface area contributed by atoms with Crippen LogP contribution in [0.4, 0.5) is 20.6 Å². The van der Waals surface area contributed by atoms with Gasteiger partial charge in [-0.15, -0.1) is 4.99 Å². The normalized spacial score (nSPS) is 16.3. The predicted molar refractivity (Wildman–Crippen MR) is 115 cm³/mol. The molecule has 2 amide bonds. The number of nitriles is 1. The molecule has 1 atom stereocenters. The number of guanidine groups is 1. The Morgan fingerprint density at radius 2 is 2.16 bits per heavy atom. The SMILES string of the molecule is CN(C)C(=NC#N)N1CCCC(Oc2cc(F)cc(NC(=O)Nc3cccnc3)c2)C1. The van der Waals surface area contributed by atoms with Crippen molar-refractivity contribution in [1.29, 1.82) is 5.26 Å². The molecule has 2 N–H and O–H groups in total. The summed E-state index contributed by atoms with van der Waals surface area (Å²) in [7, 11) is 3.64. The number of aliphatic imine (C=N–C) groups is 1. The maximum atomic E-state index is 14.1. The standard InChI is InChI=1S/C21H24FN7O2/c1-28(2)21(25-14-23)29-8-4-6-18(13-29)31-19-10-15(22)9-17(11-19)27-20(30)26-16-5-3-7-24-12-16/h3,5,7,9-12,18H,4,6,8,13H2,1-2H3,(H2,26,27,30). The third-order valence-corrected chi connectivity index (χ3v) is 4.56. The first-order valence-corrected chi connectivity index (χ1v) is 9.79. The molecule has 0 spiro atoms. The maximum absolute atomic E-state index is 14.1. The van der Waals surface area contributed by atoms with Crippen LogP contribution in [-0.2, 0) is 0 Å². The van der Waals surface area contributed by atoms with E-state index < -0.39 is 11.8 Å². The molecule has 0 bridgehead atoms. The fourth-order valence-corrected chi connectivity index (χ4v) is 3.34. The summed E-state index contributed by atoms with van der Waals surface area (Å²) in [5, 5.41) is 14.2. The molecule has 1 aromatic carbocycles. The van der Waals surface area contributed by atoms with Crippen LogP contribution in [0.3, 0.4) is 0 Å². The second-order valence-electron chi connectivity index (χ2n) is 7.23. The number of hydrogen-bond acceptors (Lipinski definition) is 5. The van der Waals surface area contributed by atoms with Crippen molar-refractivity contribution in [3.8, 4) is 11.9 Å². The summed E-state index contributed by atoms with van der Waals surface area (Å²) in [6.07, 6.45) is 6.34. The first kappa shape index (κ1) is 21.8. The molecule has 9 nitrogen and oxygen atoms in total. The molecule has 0 aliphatic carbocycles. The van der Waals surface area contributed by atoms with Gasteiger partial charge in [0.25, 0.3) is 0 Å². The quantitative estimate of drug-likeness (QED) is 0.443. The lowest BCUT2D eigenvalue weighted by Gasteiger charge is -2.36. The van der Waals surface area contributed by atoms with Gasteiger partial charge in [-0.25, -0.2) is 9.18 Å². The Balaban J connectivity index is 1.65. The number of rotatable bonds is 4. The molecular formula is C21H24FN7O2. The molecular weight excluding hydrogens is 401 g/mol. The fourth-order valence-electron chi connectivity index (χ4n) is 3.34. The number of ether oxygens (including phenoxy) is 1. The molecule has 1 aliphatic heterocycles.